The molecule has 9 heteroatoms. The van der Waals surface area contributed by atoms with Crippen LogP contribution in [0.5, 0.6) is 0 Å². The third-order valence-electron chi connectivity index (χ3n) is 2.60. The Morgan fingerprint density at radius 2 is 1.90 bits per heavy atom. The molecule has 0 saturated heterocycles. The van der Waals surface area contributed by atoms with Gasteiger partial charge >= 0.3 is 0 Å². The van der Waals surface area contributed by atoms with Gasteiger partial charge in [-0.05, 0) is 25.1 Å². The Morgan fingerprint density at radius 1 is 1.29 bits per heavy atom. The molecular formula is C12H21ClN4O3S. The van der Waals surface area contributed by atoms with Crippen LogP contribution in [0.25, 0.3) is 0 Å². The van der Waals surface area contributed by atoms with Gasteiger partial charge in [0.05, 0.1) is 22.8 Å². The van der Waals surface area contributed by atoms with Crippen molar-refractivity contribution in [2.45, 2.75) is 11.8 Å². The van der Waals surface area contributed by atoms with Gasteiger partial charge in [0.25, 0.3) is 0 Å². The Labute approximate surface area is 131 Å². The second kappa shape index (κ2) is 8.18. The molecule has 120 valence electrons. The first-order valence-corrected chi connectivity index (χ1v) is 7.57. The third kappa shape index (κ3) is 4.85. The first-order valence-electron chi connectivity index (χ1n) is 6.13. The van der Waals surface area contributed by atoms with E-state index in [0.29, 0.717) is 17.9 Å². The quantitative estimate of drug-likeness (QED) is 0.709. The minimum absolute atomic E-state index is 0. The van der Waals surface area contributed by atoms with Crippen molar-refractivity contribution < 1.29 is 13.2 Å². The Balaban J connectivity index is 0.00000400. The fraction of sp³-hybridized carbons (Fsp3) is 0.417. The molecule has 0 bridgehead atoms. The molecule has 4 N–H and O–H groups in total. The lowest BCUT2D eigenvalue weighted by Crippen LogP contribution is -2.24. The van der Waals surface area contributed by atoms with Gasteiger partial charge in [-0.15, -0.1) is 12.4 Å². The number of benzene rings is 1. The van der Waals surface area contributed by atoms with Gasteiger partial charge in [0, 0.05) is 20.6 Å². The summed E-state index contributed by atoms with van der Waals surface area (Å²) >= 11 is 0. The molecule has 7 nitrogen and oxygen atoms in total. The van der Waals surface area contributed by atoms with Crippen molar-refractivity contribution in [2.75, 3.05) is 37.8 Å². The van der Waals surface area contributed by atoms with Gasteiger partial charge in [-0.25, -0.2) is 12.7 Å². The predicted octanol–water partition coefficient (Wildman–Crippen LogP) is 0.688. The summed E-state index contributed by atoms with van der Waals surface area (Å²) in [4.78, 5) is 11.5. The van der Waals surface area contributed by atoms with Gasteiger partial charge < -0.3 is 16.4 Å². The summed E-state index contributed by atoms with van der Waals surface area (Å²) in [5.74, 6) is -0.386. The first kappa shape index (κ1) is 19.7. The molecule has 0 fully saturated rings. The van der Waals surface area contributed by atoms with Crippen LogP contribution in [0.2, 0.25) is 0 Å². The second-order valence-corrected chi connectivity index (χ2v) is 6.43. The van der Waals surface area contributed by atoms with Crippen molar-refractivity contribution >= 4 is 39.7 Å². The number of anilines is 2. The molecule has 0 radical (unpaired) electrons. The SMILES string of the molecule is CCNc1ccc(S(=O)(=O)N(C)C)cc1NC(=O)CN.Cl. The smallest absolute Gasteiger partial charge is 0.242 e. The van der Waals surface area contributed by atoms with E-state index < -0.39 is 10.0 Å². The minimum Gasteiger partial charge on any atom is -0.384 e. The molecule has 0 atom stereocenters. The predicted molar refractivity (Wildman–Crippen MR) is 86.4 cm³/mol. The van der Waals surface area contributed by atoms with Crippen molar-refractivity contribution in [1.82, 2.24) is 4.31 Å². The van der Waals surface area contributed by atoms with Gasteiger partial charge in [-0.1, -0.05) is 0 Å². The van der Waals surface area contributed by atoms with Crippen molar-refractivity contribution in [1.29, 1.82) is 0 Å². The van der Waals surface area contributed by atoms with Gasteiger partial charge in [0.1, 0.15) is 0 Å². The zero-order chi connectivity index (χ0) is 15.3. The van der Waals surface area contributed by atoms with Crippen LogP contribution < -0.4 is 16.4 Å². The van der Waals surface area contributed by atoms with Crippen LogP contribution in [0, 0.1) is 0 Å². The number of amides is 1. The highest BCUT2D eigenvalue weighted by Gasteiger charge is 2.19. The highest BCUT2D eigenvalue weighted by molar-refractivity contribution is 7.89. The van der Waals surface area contributed by atoms with Gasteiger partial charge in [-0.3, -0.25) is 4.79 Å². The van der Waals surface area contributed by atoms with Crippen LogP contribution in [-0.2, 0) is 14.8 Å². The number of nitrogens with one attached hydrogen (secondary N) is 2. The fourth-order valence-electron chi connectivity index (χ4n) is 1.54. The summed E-state index contributed by atoms with van der Waals surface area (Å²) in [7, 11) is -0.650. The summed E-state index contributed by atoms with van der Waals surface area (Å²) < 4.78 is 25.3. The van der Waals surface area contributed by atoms with E-state index in [9.17, 15) is 13.2 Å². The molecule has 0 aliphatic heterocycles. The molecule has 1 amide bonds. The van der Waals surface area contributed by atoms with Gasteiger partial charge in [0.15, 0.2) is 0 Å². The second-order valence-electron chi connectivity index (χ2n) is 4.28. The molecule has 0 saturated carbocycles. The molecule has 0 spiro atoms. The first-order chi connectivity index (χ1) is 9.32. The van der Waals surface area contributed by atoms with Crippen LogP contribution >= 0.6 is 12.4 Å². The Morgan fingerprint density at radius 3 is 2.38 bits per heavy atom. The summed E-state index contributed by atoms with van der Waals surface area (Å²) in [6.07, 6.45) is 0. The van der Waals surface area contributed by atoms with Crippen molar-refractivity contribution in [2.24, 2.45) is 5.73 Å². The Hall–Kier alpha value is -1.35. The Kier molecular flexibility index (Phi) is 7.65. The zero-order valence-electron chi connectivity index (χ0n) is 12.2. The molecular weight excluding hydrogens is 316 g/mol. The van der Waals surface area contributed by atoms with E-state index in [1.807, 2.05) is 6.92 Å². The normalized spacial score (nSPS) is 10.9. The molecule has 0 heterocycles. The van der Waals surface area contributed by atoms with Crippen LogP contribution in [0.4, 0.5) is 11.4 Å². The zero-order valence-corrected chi connectivity index (χ0v) is 13.8. The largest absolute Gasteiger partial charge is 0.384 e. The van der Waals surface area contributed by atoms with Crippen LogP contribution in [-0.4, -0.2) is 45.8 Å². The minimum atomic E-state index is -3.55. The standard InChI is InChI=1S/C12H20N4O3S.ClH/c1-4-14-10-6-5-9(20(18,19)16(2)3)7-11(10)15-12(17)8-13;/h5-7,14H,4,8,13H2,1-3H3,(H,15,17);1H. The number of carbonyl (C=O) groups excluding carboxylic acids is 1. The Bertz CT molecular complexity index is 590. The average Bonchev–Trinajstić information content (AvgIpc) is 2.40. The van der Waals surface area contributed by atoms with Gasteiger partial charge in [0.2, 0.25) is 15.9 Å². The number of carbonyl (C=O) groups is 1. The van der Waals surface area contributed by atoms with E-state index >= 15 is 0 Å². The highest BCUT2D eigenvalue weighted by Crippen LogP contribution is 2.26. The van der Waals surface area contributed by atoms with Crippen molar-refractivity contribution in [3.8, 4) is 0 Å². The van der Waals surface area contributed by atoms with Crippen molar-refractivity contribution in [3.63, 3.8) is 0 Å². The number of nitrogens with two attached hydrogens (primary N) is 1. The maximum Gasteiger partial charge on any atom is 0.242 e. The van der Waals surface area contributed by atoms with E-state index in [1.54, 1.807) is 6.07 Å². The molecule has 0 aromatic heterocycles. The van der Waals surface area contributed by atoms with Crippen molar-refractivity contribution in [3.05, 3.63) is 18.2 Å². The number of hydrogen-bond acceptors (Lipinski definition) is 5. The molecule has 0 aliphatic rings. The molecule has 0 aliphatic carbocycles. The summed E-state index contributed by atoms with van der Waals surface area (Å²) in [6.45, 7) is 2.38. The average molecular weight is 337 g/mol. The number of hydrogen-bond donors (Lipinski definition) is 3. The topological polar surface area (TPSA) is 105 Å². The van der Waals surface area contributed by atoms with Gasteiger partial charge in [-0.2, -0.15) is 0 Å². The monoisotopic (exact) mass is 336 g/mol. The van der Waals surface area contributed by atoms with E-state index in [4.69, 9.17) is 5.73 Å². The number of sulfonamides is 1. The third-order valence-corrected chi connectivity index (χ3v) is 4.41. The summed E-state index contributed by atoms with van der Waals surface area (Å²) in [5.41, 5.74) is 6.30. The van der Waals surface area contributed by atoms with E-state index in [0.717, 1.165) is 4.31 Å². The van der Waals surface area contributed by atoms with E-state index in [-0.39, 0.29) is 29.8 Å². The molecule has 21 heavy (non-hydrogen) atoms. The fourth-order valence-corrected chi connectivity index (χ4v) is 2.47. The van der Waals surface area contributed by atoms with Crippen LogP contribution in [0.3, 0.4) is 0 Å². The highest BCUT2D eigenvalue weighted by atomic mass is 35.5. The lowest BCUT2D eigenvalue weighted by atomic mass is 10.2. The molecule has 1 aromatic rings. The molecule has 1 aromatic carbocycles. The molecule has 1 rings (SSSR count). The van der Waals surface area contributed by atoms with E-state index in [1.165, 1.54) is 26.2 Å². The number of rotatable bonds is 6. The number of nitrogens with zero attached hydrogens (tertiary/aromatic N) is 1. The molecule has 0 unspecified atom stereocenters. The maximum absolute atomic E-state index is 12.1. The van der Waals surface area contributed by atoms with Crippen LogP contribution in [0.1, 0.15) is 6.92 Å². The lowest BCUT2D eigenvalue weighted by molar-refractivity contribution is -0.114. The van der Waals surface area contributed by atoms with E-state index in [2.05, 4.69) is 10.6 Å². The van der Waals surface area contributed by atoms with Crippen LogP contribution in [0.15, 0.2) is 23.1 Å². The number of halogens is 1. The summed E-state index contributed by atoms with van der Waals surface area (Å²) in [5, 5.41) is 5.64. The maximum atomic E-state index is 12.1. The summed E-state index contributed by atoms with van der Waals surface area (Å²) in [6, 6.07) is 4.53. The lowest BCUT2D eigenvalue weighted by Gasteiger charge is -2.16.